The first kappa shape index (κ1) is 38.6. The average molecular weight is 668 g/mol. The van der Waals surface area contributed by atoms with Crippen molar-refractivity contribution in [2.75, 3.05) is 6.61 Å². The molecule has 0 aromatic rings. The molecule has 0 spiro atoms. The van der Waals surface area contributed by atoms with Crippen LogP contribution in [0.15, 0.2) is 12.7 Å². The number of halogens is 23. The van der Waals surface area contributed by atoms with Crippen molar-refractivity contribution >= 4 is 5.97 Å². The number of esters is 1. The quantitative estimate of drug-likeness (QED) is 0.113. The molecule has 0 amide bonds. The summed E-state index contributed by atoms with van der Waals surface area (Å²) < 4.78 is 308. The molecule has 0 aromatic heterocycles. The Morgan fingerprint density at radius 2 is 0.707 bits per heavy atom. The van der Waals surface area contributed by atoms with Crippen LogP contribution in [0.2, 0.25) is 0 Å². The van der Waals surface area contributed by atoms with Gasteiger partial charge in [0, 0.05) is 6.08 Å². The van der Waals surface area contributed by atoms with E-state index in [4.69, 9.17) is 0 Å². The molecule has 0 N–H and O–H groups in total. The second-order valence-electron chi connectivity index (χ2n) is 7.49. The van der Waals surface area contributed by atoms with Crippen LogP contribution in [0.5, 0.6) is 0 Å². The predicted octanol–water partition coefficient (Wildman–Crippen LogP) is 8.02. The molecule has 0 atom stereocenters. The Morgan fingerprint density at radius 1 is 0.463 bits per heavy atom. The van der Waals surface area contributed by atoms with Gasteiger partial charge < -0.3 is 4.74 Å². The molecule has 0 bridgehead atoms. The molecule has 0 rings (SSSR count). The Bertz CT molecular complexity index is 975. The SMILES string of the molecule is C=CC(=O)OCCC(F)(F)C(F)(F)C(F)(F)C(F)(F)C(F)(F)C(F)(F)C(F)(F)C(F)(F)C(F)(F)C(F)(F)C(F)(F)F. The smallest absolute Gasteiger partial charge is 0.460 e. The van der Waals surface area contributed by atoms with Gasteiger partial charge >= 0.3 is 71.4 Å². The molecule has 0 aliphatic heterocycles. The van der Waals surface area contributed by atoms with Gasteiger partial charge in [-0.05, 0) is 0 Å². The summed E-state index contributed by atoms with van der Waals surface area (Å²) >= 11 is 0. The van der Waals surface area contributed by atoms with E-state index < -0.39 is 84.4 Å². The van der Waals surface area contributed by atoms with Crippen molar-refractivity contribution in [1.82, 2.24) is 0 Å². The molecule has 0 saturated heterocycles. The summed E-state index contributed by atoms with van der Waals surface area (Å²) in [7, 11) is 0. The number of rotatable bonds is 13. The van der Waals surface area contributed by atoms with Crippen LogP contribution in [0.25, 0.3) is 0 Å². The number of hydrogen-bond acceptors (Lipinski definition) is 2. The summed E-state index contributed by atoms with van der Waals surface area (Å²) in [4.78, 5) is 10.6. The van der Waals surface area contributed by atoms with Gasteiger partial charge in [0.1, 0.15) is 0 Å². The van der Waals surface area contributed by atoms with E-state index in [1.807, 2.05) is 0 Å². The Morgan fingerprint density at radius 3 is 0.951 bits per heavy atom. The largest absolute Gasteiger partial charge is 0.462 e. The van der Waals surface area contributed by atoms with Gasteiger partial charge in [0.2, 0.25) is 0 Å². The lowest BCUT2D eigenvalue weighted by Gasteiger charge is -2.45. The Kier molecular flexibility index (Phi) is 9.51. The summed E-state index contributed by atoms with van der Waals surface area (Å²) in [6.07, 6.45) is -11.1. The molecule has 0 radical (unpaired) electrons. The Balaban J connectivity index is 6.99. The highest BCUT2D eigenvalue weighted by molar-refractivity contribution is 5.81. The van der Waals surface area contributed by atoms with Crippen molar-refractivity contribution in [2.24, 2.45) is 0 Å². The van der Waals surface area contributed by atoms with Crippen LogP contribution < -0.4 is 0 Å². The van der Waals surface area contributed by atoms with Crippen molar-refractivity contribution in [3.8, 4) is 0 Å². The van der Waals surface area contributed by atoms with Crippen LogP contribution in [0.3, 0.4) is 0 Å². The van der Waals surface area contributed by atoms with Crippen molar-refractivity contribution in [3.05, 3.63) is 12.7 Å². The van der Waals surface area contributed by atoms with E-state index in [1.54, 1.807) is 0 Å². The van der Waals surface area contributed by atoms with Gasteiger partial charge in [-0.15, -0.1) is 0 Å². The predicted molar refractivity (Wildman–Crippen MR) is 81.3 cm³/mol. The zero-order chi connectivity index (χ0) is 33.9. The van der Waals surface area contributed by atoms with Crippen LogP contribution in [-0.4, -0.2) is 78.0 Å². The van der Waals surface area contributed by atoms with Gasteiger partial charge in [-0.2, -0.15) is 101 Å². The summed E-state index contributed by atoms with van der Waals surface area (Å²) in [5, 5.41) is 0. The summed E-state index contributed by atoms with van der Waals surface area (Å²) in [5.41, 5.74) is 0. The summed E-state index contributed by atoms with van der Waals surface area (Å²) in [5.74, 6) is -89.9. The van der Waals surface area contributed by atoms with Gasteiger partial charge in [-0.1, -0.05) is 6.58 Å². The Labute approximate surface area is 209 Å². The minimum Gasteiger partial charge on any atom is -0.462 e. The summed E-state index contributed by atoms with van der Waals surface area (Å²) in [6, 6.07) is 0. The van der Waals surface area contributed by atoms with Crippen LogP contribution in [0.1, 0.15) is 6.42 Å². The van der Waals surface area contributed by atoms with Gasteiger partial charge in [-0.25, -0.2) is 4.79 Å². The van der Waals surface area contributed by atoms with E-state index in [9.17, 15) is 106 Å². The molecule has 0 unspecified atom stereocenters. The zero-order valence-corrected chi connectivity index (χ0v) is 18.2. The van der Waals surface area contributed by atoms with Crippen molar-refractivity contribution in [1.29, 1.82) is 0 Å². The lowest BCUT2D eigenvalue weighted by Crippen LogP contribution is -2.77. The standard InChI is InChI=1S/C16H7F23O2/c1-2-5(40)41-4-3-6(17,18)7(19,20)8(21,22)9(23,24)10(25,26)11(27,28)12(29,30)13(31,32)14(33,34)15(35,36)16(37,38)39/h2H,1,3-4H2. The number of carbonyl (C=O) groups is 1. The van der Waals surface area contributed by atoms with E-state index >= 15 is 0 Å². The lowest BCUT2D eigenvalue weighted by atomic mass is 9.85. The minimum absolute atomic E-state index is 0.0751. The van der Waals surface area contributed by atoms with Gasteiger partial charge in [-0.3, -0.25) is 0 Å². The molecule has 244 valence electrons. The minimum atomic E-state index is -9.44. The molecular weight excluding hydrogens is 661 g/mol. The maximum absolute atomic E-state index is 13.7. The van der Waals surface area contributed by atoms with Crippen LogP contribution in [0, 0.1) is 0 Å². The second kappa shape index (κ2) is 10.1. The van der Waals surface area contributed by atoms with Crippen LogP contribution in [-0.2, 0) is 9.53 Å². The van der Waals surface area contributed by atoms with Crippen LogP contribution >= 0.6 is 0 Å². The first-order valence-electron chi connectivity index (χ1n) is 9.09. The average Bonchev–Trinajstić information content (AvgIpc) is 2.76. The monoisotopic (exact) mass is 668 g/mol. The first-order chi connectivity index (χ1) is 17.5. The molecule has 41 heavy (non-hydrogen) atoms. The summed E-state index contributed by atoms with van der Waals surface area (Å²) in [6.45, 7) is 0.381. The molecule has 25 heteroatoms. The second-order valence-corrected chi connectivity index (χ2v) is 7.49. The first-order valence-corrected chi connectivity index (χ1v) is 9.09. The Hall–Kier alpha value is -2.40. The van der Waals surface area contributed by atoms with E-state index in [0.29, 0.717) is 0 Å². The maximum Gasteiger partial charge on any atom is 0.460 e. The molecule has 0 saturated carbocycles. The van der Waals surface area contributed by atoms with Crippen molar-refractivity contribution in [2.45, 2.75) is 71.8 Å². The van der Waals surface area contributed by atoms with E-state index in [2.05, 4.69) is 11.3 Å². The van der Waals surface area contributed by atoms with E-state index in [-0.39, 0.29) is 6.08 Å². The highest BCUT2D eigenvalue weighted by Gasteiger charge is 2.98. The zero-order valence-electron chi connectivity index (χ0n) is 18.2. The molecular formula is C16H7F23O2. The normalized spacial score (nSPS) is 16.1. The highest BCUT2D eigenvalue weighted by atomic mass is 19.4. The van der Waals surface area contributed by atoms with E-state index in [1.165, 1.54) is 0 Å². The number of hydrogen-bond donors (Lipinski definition) is 0. The molecule has 0 aromatic carbocycles. The van der Waals surface area contributed by atoms with Gasteiger partial charge in [0.25, 0.3) is 0 Å². The number of ether oxygens (including phenoxy) is 1. The fourth-order valence-electron chi connectivity index (χ4n) is 2.28. The number of carbonyl (C=O) groups excluding carboxylic acids is 1. The van der Waals surface area contributed by atoms with Crippen molar-refractivity contribution < 1.29 is 111 Å². The lowest BCUT2D eigenvalue weighted by molar-refractivity contribution is -0.478. The fraction of sp³-hybridized carbons (Fsp3) is 0.812. The molecule has 0 aliphatic rings. The van der Waals surface area contributed by atoms with Gasteiger partial charge in [0.15, 0.2) is 0 Å². The van der Waals surface area contributed by atoms with Gasteiger partial charge in [0.05, 0.1) is 13.0 Å². The molecule has 0 fully saturated rings. The van der Waals surface area contributed by atoms with Crippen molar-refractivity contribution in [3.63, 3.8) is 0 Å². The molecule has 0 heterocycles. The van der Waals surface area contributed by atoms with Crippen LogP contribution in [0.4, 0.5) is 101 Å². The third-order valence-electron chi connectivity index (χ3n) is 4.80. The third-order valence-corrected chi connectivity index (χ3v) is 4.80. The molecule has 2 nitrogen and oxygen atoms in total. The molecule has 0 aliphatic carbocycles. The number of alkyl halides is 23. The topological polar surface area (TPSA) is 26.3 Å². The fourth-order valence-corrected chi connectivity index (χ4v) is 2.28. The highest BCUT2D eigenvalue weighted by Crippen LogP contribution is 2.67. The van der Waals surface area contributed by atoms with E-state index in [0.717, 1.165) is 0 Å². The third kappa shape index (κ3) is 5.11. The maximum atomic E-state index is 13.7.